The Morgan fingerprint density at radius 3 is 2.33 bits per heavy atom. The predicted octanol–water partition coefficient (Wildman–Crippen LogP) is 7.38. The first-order chi connectivity index (χ1) is 20.1. The largest absolute Gasteiger partial charge is 0.416 e. The van der Waals surface area contributed by atoms with Crippen molar-refractivity contribution in [1.29, 1.82) is 0 Å². The lowest BCUT2D eigenvalue weighted by Gasteiger charge is -2.64. The molecule has 0 aliphatic heterocycles. The third-order valence-corrected chi connectivity index (χ3v) is 14.0. The van der Waals surface area contributed by atoms with Crippen molar-refractivity contribution in [3.63, 3.8) is 0 Å². The Hall–Kier alpha value is -1.81. The van der Waals surface area contributed by atoms with Gasteiger partial charge in [0, 0.05) is 6.54 Å². The van der Waals surface area contributed by atoms with Crippen molar-refractivity contribution >= 4 is 16.1 Å². The highest BCUT2D eigenvalue weighted by molar-refractivity contribution is 7.90. The van der Waals surface area contributed by atoms with Gasteiger partial charge in [-0.2, -0.15) is 13.2 Å². The minimum atomic E-state index is -4.58. The van der Waals surface area contributed by atoms with Gasteiger partial charge in [0.1, 0.15) is 0 Å². The van der Waals surface area contributed by atoms with E-state index < -0.39 is 32.7 Å². The Morgan fingerprint density at radius 2 is 1.67 bits per heavy atom. The zero-order chi connectivity index (χ0) is 31.4. The van der Waals surface area contributed by atoms with Crippen LogP contribution in [0.15, 0.2) is 29.2 Å². The van der Waals surface area contributed by atoms with Gasteiger partial charge in [-0.25, -0.2) is 17.9 Å². The molecule has 4 aliphatic rings. The fourth-order valence-electron chi connectivity index (χ4n) is 10.7. The van der Waals surface area contributed by atoms with Gasteiger partial charge < -0.3 is 10.4 Å². The first kappa shape index (κ1) is 32.6. The number of hydrogen-bond donors (Lipinski definition) is 3. The standard InChI is InChI=1S/C33H49F3N2O4S/c1-5-23-25-8-6-7-17-31(25,3)27-15-18-32(4)24(13-14-26(32)28(27)29(23)39)20(2)16-19-37-30(40)38-43(41,42)22-11-9-21(10-12-22)33(34,35)36/h9-12,20,23-29,39H,5-8,13-19H2,1-4H3,(H2,37,38,40)/t20-,23-,24?,25+,26+,27+,28+,29-,31+,32-/m1/s1. The molecule has 0 radical (unpaired) electrons. The number of nitrogens with one attached hydrogen (secondary N) is 2. The summed E-state index contributed by atoms with van der Waals surface area (Å²) in [6.45, 7) is 9.73. The Balaban J connectivity index is 1.19. The van der Waals surface area contributed by atoms with Gasteiger partial charge >= 0.3 is 12.2 Å². The number of benzene rings is 1. The van der Waals surface area contributed by atoms with Crippen molar-refractivity contribution in [2.24, 2.45) is 52.3 Å². The second-order valence-corrected chi connectivity index (χ2v) is 16.3. The van der Waals surface area contributed by atoms with Crippen molar-refractivity contribution in [2.45, 2.75) is 109 Å². The fourth-order valence-corrected chi connectivity index (χ4v) is 11.6. The van der Waals surface area contributed by atoms with E-state index in [1.54, 1.807) is 0 Å². The third kappa shape index (κ3) is 5.84. The maximum atomic E-state index is 12.8. The topological polar surface area (TPSA) is 95.5 Å². The molecule has 4 fully saturated rings. The van der Waals surface area contributed by atoms with Gasteiger partial charge in [-0.05, 0) is 121 Å². The molecule has 4 saturated carbocycles. The highest BCUT2D eigenvalue weighted by Crippen LogP contribution is 2.69. The number of aliphatic hydroxyl groups excluding tert-OH is 1. The van der Waals surface area contributed by atoms with Gasteiger partial charge in [0.05, 0.1) is 16.6 Å². The molecule has 0 saturated heterocycles. The van der Waals surface area contributed by atoms with Crippen LogP contribution in [-0.4, -0.2) is 32.2 Å². The molecule has 3 N–H and O–H groups in total. The van der Waals surface area contributed by atoms with Gasteiger partial charge in [-0.1, -0.05) is 47.0 Å². The van der Waals surface area contributed by atoms with Crippen LogP contribution in [0.5, 0.6) is 0 Å². The van der Waals surface area contributed by atoms with Crippen LogP contribution >= 0.6 is 0 Å². The van der Waals surface area contributed by atoms with Gasteiger partial charge in [-0.3, -0.25) is 0 Å². The number of alkyl halides is 3. The molecule has 43 heavy (non-hydrogen) atoms. The van der Waals surface area contributed by atoms with Gasteiger partial charge in [0.2, 0.25) is 0 Å². The second kappa shape index (κ2) is 11.8. The first-order valence-electron chi connectivity index (χ1n) is 16.3. The molecule has 10 heteroatoms. The van der Waals surface area contributed by atoms with E-state index >= 15 is 0 Å². The minimum absolute atomic E-state index is 0.131. The number of halogens is 3. The molecule has 1 aromatic rings. The summed E-state index contributed by atoms with van der Waals surface area (Å²) in [6.07, 6.45) is 6.60. The monoisotopic (exact) mass is 626 g/mol. The van der Waals surface area contributed by atoms with Crippen LogP contribution in [0.2, 0.25) is 0 Å². The molecule has 1 aromatic carbocycles. The number of rotatable bonds is 7. The Kier molecular flexibility index (Phi) is 8.97. The normalized spacial score (nSPS) is 38.4. The summed E-state index contributed by atoms with van der Waals surface area (Å²) in [7, 11) is -4.30. The lowest BCUT2D eigenvalue weighted by atomic mass is 9.41. The van der Waals surface area contributed by atoms with Crippen LogP contribution in [0.3, 0.4) is 0 Å². The highest BCUT2D eigenvalue weighted by atomic mass is 32.2. The van der Waals surface area contributed by atoms with Crippen molar-refractivity contribution in [1.82, 2.24) is 10.0 Å². The molecule has 242 valence electrons. The third-order valence-electron chi connectivity index (χ3n) is 12.7. The van der Waals surface area contributed by atoms with E-state index in [0.29, 0.717) is 71.9 Å². The summed E-state index contributed by atoms with van der Waals surface area (Å²) in [6, 6.07) is 2.15. The average Bonchev–Trinajstić information content (AvgIpc) is 3.30. The molecule has 4 aliphatic carbocycles. The van der Waals surface area contributed by atoms with E-state index in [2.05, 4.69) is 33.0 Å². The summed E-state index contributed by atoms with van der Waals surface area (Å²) in [5, 5.41) is 14.5. The van der Waals surface area contributed by atoms with Gasteiger partial charge in [-0.15, -0.1) is 0 Å². The maximum absolute atomic E-state index is 12.8. The minimum Gasteiger partial charge on any atom is -0.393 e. The fraction of sp³-hybridized carbons (Fsp3) is 0.788. The zero-order valence-corrected chi connectivity index (χ0v) is 26.7. The van der Waals surface area contributed by atoms with Crippen molar-refractivity contribution in [2.75, 3.05) is 6.54 Å². The van der Waals surface area contributed by atoms with E-state index in [0.717, 1.165) is 31.4 Å². The zero-order valence-electron chi connectivity index (χ0n) is 25.9. The summed E-state index contributed by atoms with van der Waals surface area (Å²) < 4.78 is 65.4. The van der Waals surface area contributed by atoms with Crippen LogP contribution in [0, 0.1) is 52.3 Å². The molecular formula is C33H49F3N2O4S. The van der Waals surface area contributed by atoms with Crippen LogP contribution in [0.1, 0.15) is 97.5 Å². The number of urea groups is 1. The van der Waals surface area contributed by atoms with Crippen LogP contribution < -0.4 is 10.0 Å². The summed E-state index contributed by atoms with van der Waals surface area (Å²) in [5.74, 6) is 3.20. The number of amides is 2. The van der Waals surface area contributed by atoms with Gasteiger partial charge in [0.15, 0.2) is 0 Å². The number of carbonyl (C=O) groups excluding carboxylic acids is 1. The van der Waals surface area contributed by atoms with E-state index in [4.69, 9.17) is 0 Å². The number of hydrogen-bond acceptors (Lipinski definition) is 4. The van der Waals surface area contributed by atoms with E-state index in [-0.39, 0.29) is 11.5 Å². The Bertz CT molecular complexity index is 1270. The van der Waals surface area contributed by atoms with E-state index in [1.807, 2.05) is 4.72 Å². The lowest BCUT2D eigenvalue weighted by Crippen LogP contribution is -2.61. The molecule has 6 nitrogen and oxygen atoms in total. The maximum Gasteiger partial charge on any atom is 0.416 e. The molecule has 0 spiro atoms. The quantitative estimate of drug-likeness (QED) is 0.294. The second-order valence-electron chi connectivity index (χ2n) is 14.6. The predicted molar refractivity (Wildman–Crippen MR) is 159 cm³/mol. The highest BCUT2D eigenvalue weighted by Gasteiger charge is 2.64. The summed E-state index contributed by atoms with van der Waals surface area (Å²) >= 11 is 0. The molecule has 1 unspecified atom stereocenters. The number of carbonyl (C=O) groups is 1. The first-order valence-corrected chi connectivity index (χ1v) is 17.8. The summed E-state index contributed by atoms with van der Waals surface area (Å²) in [5.41, 5.74) is -0.505. The molecule has 5 rings (SSSR count). The van der Waals surface area contributed by atoms with Crippen molar-refractivity contribution in [3.8, 4) is 0 Å². The van der Waals surface area contributed by atoms with Crippen LogP contribution in [0.4, 0.5) is 18.0 Å². The number of sulfonamides is 1. The van der Waals surface area contributed by atoms with Crippen molar-refractivity contribution in [3.05, 3.63) is 29.8 Å². The van der Waals surface area contributed by atoms with Crippen molar-refractivity contribution < 1.29 is 31.5 Å². The summed E-state index contributed by atoms with van der Waals surface area (Å²) in [4.78, 5) is 12.0. The SMILES string of the molecule is CC[C@H]1[C@@H](O)[C@@H]2[C@H](CC[C@]3(C)C([C@H](C)CCNC(=O)NS(=O)(=O)c4ccc(C(F)(F)F)cc4)CC[C@@H]23)[C@@]2(C)CCCC[C@@H]12. The molecule has 2 amide bonds. The molecule has 0 heterocycles. The Morgan fingerprint density at radius 1 is 1.00 bits per heavy atom. The van der Waals surface area contributed by atoms with Gasteiger partial charge in [0.25, 0.3) is 10.0 Å². The lowest BCUT2D eigenvalue weighted by molar-refractivity contribution is -0.194. The average molecular weight is 627 g/mol. The smallest absolute Gasteiger partial charge is 0.393 e. The molecule has 0 aromatic heterocycles. The number of aliphatic hydroxyl groups is 1. The molecular weight excluding hydrogens is 577 g/mol. The van der Waals surface area contributed by atoms with E-state index in [9.17, 15) is 31.5 Å². The van der Waals surface area contributed by atoms with E-state index in [1.165, 1.54) is 38.5 Å². The van der Waals surface area contributed by atoms with Crippen LogP contribution in [-0.2, 0) is 16.2 Å². The molecule has 10 atom stereocenters. The Labute approximate surface area is 255 Å². The molecule has 0 bridgehead atoms. The number of fused-ring (bicyclic) bond motifs is 5. The van der Waals surface area contributed by atoms with Crippen LogP contribution in [0.25, 0.3) is 0 Å².